The van der Waals surface area contributed by atoms with Crippen LogP contribution in [0.4, 0.5) is 4.39 Å². The van der Waals surface area contributed by atoms with Gasteiger partial charge in [0.1, 0.15) is 0 Å². The lowest BCUT2D eigenvalue weighted by molar-refractivity contribution is -0.154. The number of halogens is 1. The summed E-state index contributed by atoms with van der Waals surface area (Å²) in [4.78, 5) is 36.1. The number of carbonyl (C=O) groups excluding carboxylic acids is 1. The van der Waals surface area contributed by atoms with Crippen LogP contribution in [0.3, 0.4) is 0 Å². The molecule has 1 aromatic rings. The summed E-state index contributed by atoms with van der Waals surface area (Å²) in [7, 11) is 0. The number of nitrogens with one attached hydrogen (secondary N) is 1. The van der Waals surface area contributed by atoms with E-state index in [0.717, 1.165) is 4.57 Å². The van der Waals surface area contributed by atoms with Crippen LogP contribution in [0.5, 0.6) is 0 Å². The van der Waals surface area contributed by atoms with Crippen LogP contribution in [0.15, 0.2) is 15.8 Å². The molecule has 1 aromatic heterocycles. The van der Waals surface area contributed by atoms with Crippen molar-refractivity contribution in [2.45, 2.75) is 38.7 Å². The molecule has 0 bridgehead atoms. The van der Waals surface area contributed by atoms with Gasteiger partial charge in [0, 0.05) is 12.8 Å². The third-order valence-corrected chi connectivity index (χ3v) is 3.65. The fourth-order valence-corrected chi connectivity index (χ4v) is 2.66. The predicted molar refractivity (Wildman–Crippen MR) is 71.6 cm³/mol. The standard InChI is InChI=1S/C13H17FN2O6/c1-3-7-9(5-17)22-12(10(7)21-6(2)18)16-4-8(14)11(19)15-13(16)20/h4,7,9-10,12,17H,3,5H2,1-2H3,(H,15,19,20)/t7-,9-,10-,12-/m1/s1. The zero-order valence-corrected chi connectivity index (χ0v) is 12.1. The molecule has 122 valence electrons. The number of hydrogen-bond acceptors (Lipinski definition) is 6. The number of esters is 1. The molecule has 8 nitrogen and oxygen atoms in total. The van der Waals surface area contributed by atoms with Gasteiger partial charge in [0.05, 0.1) is 18.9 Å². The van der Waals surface area contributed by atoms with E-state index in [1.165, 1.54) is 6.92 Å². The topological polar surface area (TPSA) is 111 Å². The second-order valence-electron chi connectivity index (χ2n) is 5.04. The van der Waals surface area contributed by atoms with Crippen LogP contribution in [0, 0.1) is 11.7 Å². The lowest BCUT2D eigenvalue weighted by Gasteiger charge is -2.23. The number of aromatic amines is 1. The maximum absolute atomic E-state index is 13.4. The number of ether oxygens (including phenoxy) is 2. The Labute approximate surface area is 124 Å². The molecule has 0 spiro atoms. The van der Waals surface area contributed by atoms with Crippen molar-refractivity contribution >= 4 is 5.97 Å². The summed E-state index contributed by atoms with van der Waals surface area (Å²) in [5, 5.41) is 9.37. The summed E-state index contributed by atoms with van der Waals surface area (Å²) in [5.41, 5.74) is -2.03. The van der Waals surface area contributed by atoms with Crippen LogP contribution in [-0.4, -0.2) is 39.4 Å². The Bertz CT molecular complexity index is 669. The zero-order chi connectivity index (χ0) is 16.4. The first-order valence-corrected chi connectivity index (χ1v) is 6.83. The molecular formula is C13H17FN2O6. The Hall–Kier alpha value is -2.00. The smallest absolute Gasteiger partial charge is 0.330 e. The van der Waals surface area contributed by atoms with E-state index in [9.17, 15) is 23.9 Å². The molecule has 9 heteroatoms. The van der Waals surface area contributed by atoms with Crippen molar-refractivity contribution in [1.82, 2.24) is 9.55 Å². The minimum absolute atomic E-state index is 0.340. The Morgan fingerprint density at radius 1 is 1.55 bits per heavy atom. The molecule has 0 amide bonds. The van der Waals surface area contributed by atoms with Gasteiger partial charge >= 0.3 is 11.7 Å². The molecule has 0 aliphatic carbocycles. The van der Waals surface area contributed by atoms with E-state index in [1.54, 1.807) is 0 Å². The van der Waals surface area contributed by atoms with Gasteiger partial charge < -0.3 is 14.6 Å². The average Bonchev–Trinajstić information content (AvgIpc) is 2.79. The van der Waals surface area contributed by atoms with Crippen molar-refractivity contribution in [1.29, 1.82) is 0 Å². The van der Waals surface area contributed by atoms with Crippen molar-refractivity contribution in [3.05, 3.63) is 32.9 Å². The number of nitrogens with zero attached hydrogens (tertiary/aromatic N) is 1. The van der Waals surface area contributed by atoms with E-state index in [4.69, 9.17) is 9.47 Å². The lowest BCUT2D eigenvalue weighted by atomic mass is 9.95. The van der Waals surface area contributed by atoms with Gasteiger partial charge in [0.2, 0.25) is 5.82 Å². The highest BCUT2D eigenvalue weighted by Gasteiger charge is 2.46. The van der Waals surface area contributed by atoms with Gasteiger partial charge in [-0.15, -0.1) is 0 Å². The fourth-order valence-electron chi connectivity index (χ4n) is 2.66. The van der Waals surface area contributed by atoms with Crippen molar-refractivity contribution in [2.24, 2.45) is 5.92 Å². The molecule has 1 aliphatic heterocycles. The van der Waals surface area contributed by atoms with Gasteiger partial charge in [0.15, 0.2) is 12.3 Å². The SMILES string of the molecule is CC[C@H]1[C@@H](OC(C)=O)[C@H](n2cc(F)c(=O)[nH]c2=O)O[C@@H]1CO. The zero-order valence-electron chi connectivity index (χ0n) is 12.1. The minimum Gasteiger partial charge on any atom is -0.457 e. The molecule has 1 aliphatic rings. The van der Waals surface area contributed by atoms with Gasteiger partial charge in [-0.05, 0) is 6.42 Å². The third kappa shape index (κ3) is 2.95. The Kier molecular flexibility index (Phi) is 4.77. The predicted octanol–water partition coefficient (Wildman–Crippen LogP) is -0.477. The van der Waals surface area contributed by atoms with Crippen LogP contribution in [0.25, 0.3) is 0 Å². The fraction of sp³-hybridized carbons (Fsp3) is 0.615. The third-order valence-electron chi connectivity index (χ3n) is 3.65. The summed E-state index contributed by atoms with van der Waals surface area (Å²) in [6.07, 6.45) is -1.44. The normalized spacial score (nSPS) is 27.8. The van der Waals surface area contributed by atoms with Gasteiger partial charge in [-0.25, -0.2) is 4.79 Å². The first-order valence-electron chi connectivity index (χ1n) is 6.83. The van der Waals surface area contributed by atoms with E-state index in [1.807, 2.05) is 11.9 Å². The van der Waals surface area contributed by atoms with Crippen molar-refractivity contribution in [2.75, 3.05) is 6.61 Å². The number of hydrogen-bond donors (Lipinski definition) is 2. The van der Waals surface area contributed by atoms with Gasteiger partial charge in [0.25, 0.3) is 5.56 Å². The molecule has 2 N–H and O–H groups in total. The molecule has 0 saturated carbocycles. The van der Waals surface area contributed by atoms with Crippen LogP contribution in [0.1, 0.15) is 26.5 Å². The van der Waals surface area contributed by atoms with E-state index < -0.39 is 41.5 Å². The molecule has 1 saturated heterocycles. The monoisotopic (exact) mass is 316 g/mol. The highest BCUT2D eigenvalue weighted by atomic mass is 19.1. The second-order valence-corrected chi connectivity index (χ2v) is 5.04. The van der Waals surface area contributed by atoms with Gasteiger partial charge in [-0.1, -0.05) is 6.92 Å². The van der Waals surface area contributed by atoms with E-state index in [0.29, 0.717) is 12.6 Å². The number of H-pyrrole nitrogens is 1. The number of aliphatic hydroxyl groups excluding tert-OH is 1. The molecular weight excluding hydrogens is 299 g/mol. The Morgan fingerprint density at radius 3 is 2.77 bits per heavy atom. The minimum atomic E-state index is -1.16. The maximum atomic E-state index is 13.4. The van der Waals surface area contributed by atoms with Gasteiger partial charge in [-0.3, -0.25) is 19.1 Å². The quantitative estimate of drug-likeness (QED) is 0.726. The van der Waals surface area contributed by atoms with Crippen LogP contribution >= 0.6 is 0 Å². The van der Waals surface area contributed by atoms with Crippen molar-refractivity contribution in [3.8, 4) is 0 Å². The molecule has 0 radical (unpaired) electrons. The molecule has 2 heterocycles. The highest BCUT2D eigenvalue weighted by molar-refractivity contribution is 5.66. The lowest BCUT2D eigenvalue weighted by Crippen LogP contribution is -2.39. The van der Waals surface area contributed by atoms with Crippen LogP contribution in [-0.2, 0) is 14.3 Å². The summed E-state index contributed by atoms with van der Waals surface area (Å²) in [6.45, 7) is 2.67. The Morgan fingerprint density at radius 2 is 2.23 bits per heavy atom. The summed E-state index contributed by atoms with van der Waals surface area (Å²) in [5.74, 6) is -2.11. The summed E-state index contributed by atoms with van der Waals surface area (Å²) < 4.78 is 25.0. The Balaban J connectivity index is 2.47. The molecule has 2 rings (SSSR count). The van der Waals surface area contributed by atoms with Crippen molar-refractivity contribution < 1.29 is 23.8 Å². The molecule has 22 heavy (non-hydrogen) atoms. The average molecular weight is 316 g/mol. The number of rotatable bonds is 4. The number of aromatic nitrogens is 2. The van der Waals surface area contributed by atoms with Crippen LogP contribution < -0.4 is 11.2 Å². The van der Waals surface area contributed by atoms with Crippen molar-refractivity contribution in [3.63, 3.8) is 0 Å². The van der Waals surface area contributed by atoms with Crippen LogP contribution in [0.2, 0.25) is 0 Å². The number of aliphatic hydroxyl groups is 1. The highest BCUT2D eigenvalue weighted by Crippen LogP contribution is 2.37. The van der Waals surface area contributed by atoms with E-state index in [2.05, 4.69) is 0 Å². The molecule has 0 aromatic carbocycles. The van der Waals surface area contributed by atoms with Gasteiger partial charge in [-0.2, -0.15) is 4.39 Å². The molecule has 4 atom stereocenters. The molecule has 1 fully saturated rings. The first kappa shape index (κ1) is 16.4. The van der Waals surface area contributed by atoms with E-state index in [-0.39, 0.29) is 12.5 Å². The maximum Gasteiger partial charge on any atom is 0.330 e. The first-order chi connectivity index (χ1) is 10.4. The largest absolute Gasteiger partial charge is 0.457 e. The molecule has 0 unspecified atom stereocenters. The van der Waals surface area contributed by atoms with E-state index >= 15 is 0 Å². The summed E-state index contributed by atoms with van der Waals surface area (Å²) >= 11 is 0. The summed E-state index contributed by atoms with van der Waals surface area (Å²) in [6, 6.07) is 0. The number of carbonyl (C=O) groups is 1. The second kappa shape index (κ2) is 6.41.